The van der Waals surface area contributed by atoms with Crippen molar-refractivity contribution in [3.63, 3.8) is 0 Å². The van der Waals surface area contributed by atoms with Gasteiger partial charge in [-0.25, -0.2) is 0 Å². The van der Waals surface area contributed by atoms with Crippen LogP contribution >= 0.6 is 0 Å². The summed E-state index contributed by atoms with van der Waals surface area (Å²) in [7, 11) is 0. The van der Waals surface area contributed by atoms with Crippen LogP contribution < -0.4 is 0 Å². The van der Waals surface area contributed by atoms with Crippen molar-refractivity contribution in [3.8, 4) is 0 Å². The topological polar surface area (TPSA) is 93.1 Å². The third kappa shape index (κ3) is 2.76. The van der Waals surface area contributed by atoms with E-state index in [1.807, 2.05) is 6.08 Å². The predicted molar refractivity (Wildman–Crippen MR) is 104 cm³/mol. The van der Waals surface area contributed by atoms with Crippen LogP contribution in [0.4, 0.5) is 0 Å². The molecule has 2 N–H and O–H groups in total. The lowest BCUT2D eigenvalue weighted by molar-refractivity contribution is -0.171. The molecule has 0 bridgehead atoms. The van der Waals surface area contributed by atoms with Gasteiger partial charge in [0, 0.05) is 11.8 Å². The summed E-state index contributed by atoms with van der Waals surface area (Å²) in [6, 6.07) is 0. The van der Waals surface area contributed by atoms with E-state index in [0.717, 1.165) is 37.7 Å². The molecular weight excluding hydrogens is 372 g/mol. The lowest BCUT2D eigenvalue weighted by Crippen LogP contribution is -2.56. The number of ketones is 2. The van der Waals surface area contributed by atoms with Gasteiger partial charge in [-0.2, -0.15) is 0 Å². The average Bonchev–Trinajstić information content (AvgIpc) is 3.21. The van der Waals surface area contributed by atoms with Gasteiger partial charge in [0.25, 0.3) is 0 Å². The Kier molecular flexibility index (Phi) is 4.81. The molecule has 1 aliphatic heterocycles. The Balaban J connectivity index is 1.47. The summed E-state index contributed by atoms with van der Waals surface area (Å²) in [5, 5.41) is 20.9. The highest BCUT2D eigenvalue weighted by molar-refractivity contribution is 6.00. The lowest BCUT2D eigenvalue weighted by atomic mass is 9.55. The number of allylic oxidation sites excluding steroid dienone is 4. The zero-order valence-electron chi connectivity index (χ0n) is 16.8. The van der Waals surface area contributed by atoms with Crippen molar-refractivity contribution in [2.45, 2.75) is 69.5 Å². The number of ether oxygens (including phenoxy) is 2. The Labute approximate surface area is 170 Å². The predicted octanol–water partition coefficient (Wildman–Crippen LogP) is 1.94. The number of fused-ring (bicyclic) bond motifs is 7. The highest BCUT2D eigenvalue weighted by Crippen LogP contribution is 2.62. The van der Waals surface area contributed by atoms with E-state index in [2.05, 4.69) is 6.92 Å². The highest BCUT2D eigenvalue weighted by Gasteiger charge is 2.69. The van der Waals surface area contributed by atoms with Crippen LogP contribution in [0.25, 0.3) is 0 Å². The Morgan fingerprint density at radius 2 is 2.14 bits per heavy atom. The maximum Gasteiger partial charge on any atom is 0.192 e. The lowest BCUT2D eigenvalue weighted by Gasteiger charge is -2.51. The van der Waals surface area contributed by atoms with Crippen LogP contribution in [0.15, 0.2) is 23.8 Å². The second-order valence-corrected chi connectivity index (χ2v) is 9.43. The summed E-state index contributed by atoms with van der Waals surface area (Å²) >= 11 is 0. The maximum absolute atomic E-state index is 13.0. The van der Waals surface area contributed by atoms with Gasteiger partial charge >= 0.3 is 0 Å². The number of carbonyl (C=O) groups excluding carboxylic acids is 2. The summed E-state index contributed by atoms with van der Waals surface area (Å²) in [5.41, 5.74) is 0.00534. The van der Waals surface area contributed by atoms with Crippen molar-refractivity contribution in [1.82, 2.24) is 0 Å². The van der Waals surface area contributed by atoms with E-state index in [1.54, 1.807) is 12.2 Å². The molecule has 5 rings (SSSR count). The second-order valence-electron chi connectivity index (χ2n) is 9.43. The van der Waals surface area contributed by atoms with Gasteiger partial charge in [-0.15, -0.1) is 0 Å². The van der Waals surface area contributed by atoms with Crippen molar-refractivity contribution in [2.75, 3.05) is 6.61 Å². The van der Waals surface area contributed by atoms with Crippen LogP contribution in [-0.4, -0.2) is 52.5 Å². The molecule has 6 heteroatoms. The van der Waals surface area contributed by atoms with Gasteiger partial charge in [0.15, 0.2) is 23.5 Å². The van der Waals surface area contributed by atoms with Gasteiger partial charge in [0.1, 0.15) is 6.61 Å². The number of Topliss-reactive ketones (excluding diaryl/α,β-unsaturated/α-hetero) is 1. The van der Waals surface area contributed by atoms with E-state index in [9.17, 15) is 19.8 Å². The molecule has 29 heavy (non-hydrogen) atoms. The molecule has 1 saturated heterocycles. The Morgan fingerprint density at radius 1 is 1.31 bits per heavy atom. The van der Waals surface area contributed by atoms with Crippen LogP contribution in [0, 0.1) is 29.6 Å². The number of hydrogen-bond donors (Lipinski definition) is 2. The zero-order chi connectivity index (χ0) is 20.3. The van der Waals surface area contributed by atoms with Crippen LogP contribution in [-0.2, 0) is 19.1 Å². The molecule has 158 valence electrons. The molecule has 4 fully saturated rings. The third-order valence-corrected chi connectivity index (χ3v) is 8.17. The van der Waals surface area contributed by atoms with E-state index < -0.39 is 24.6 Å². The first kappa shape index (κ1) is 19.6. The Bertz CT molecular complexity index is 771. The molecule has 5 aliphatic rings. The van der Waals surface area contributed by atoms with Crippen molar-refractivity contribution < 1.29 is 29.3 Å². The molecular formula is C23H30O6. The van der Waals surface area contributed by atoms with Crippen molar-refractivity contribution >= 4 is 11.6 Å². The van der Waals surface area contributed by atoms with Gasteiger partial charge in [-0.1, -0.05) is 25.0 Å². The van der Waals surface area contributed by atoms with Crippen LogP contribution in [0.5, 0.6) is 0 Å². The fourth-order valence-corrected chi connectivity index (χ4v) is 7.15. The van der Waals surface area contributed by atoms with E-state index in [-0.39, 0.29) is 47.3 Å². The first-order valence-electron chi connectivity index (χ1n) is 11.1. The van der Waals surface area contributed by atoms with E-state index in [1.165, 1.54) is 0 Å². The molecule has 0 aromatic heterocycles. The smallest absolute Gasteiger partial charge is 0.192 e. The number of carbonyl (C=O) groups is 2. The van der Waals surface area contributed by atoms with Gasteiger partial charge in [0.2, 0.25) is 0 Å². The first-order chi connectivity index (χ1) is 14.0. The van der Waals surface area contributed by atoms with Crippen LogP contribution in [0.2, 0.25) is 0 Å². The minimum atomic E-state index is -1.13. The van der Waals surface area contributed by atoms with Gasteiger partial charge in [-0.3, -0.25) is 9.59 Å². The van der Waals surface area contributed by atoms with Gasteiger partial charge in [-0.05, 0) is 62.0 Å². The van der Waals surface area contributed by atoms with Crippen LogP contribution in [0.3, 0.4) is 0 Å². The normalized spacial score (nSPS) is 47.8. The number of aliphatic hydroxyl groups is 2. The fourth-order valence-electron chi connectivity index (χ4n) is 7.15. The largest absolute Gasteiger partial charge is 0.393 e. The average molecular weight is 402 g/mol. The number of aliphatic hydroxyl groups excluding tert-OH is 2. The second kappa shape index (κ2) is 7.12. The van der Waals surface area contributed by atoms with E-state index >= 15 is 0 Å². The molecule has 3 saturated carbocycles. The van der Waals surface area contributed by atoms with Gasteiger partial charge < -0.3 is 19.7 Å². The summed E-state index contributed by atoms with van der Waals surface area (Å²) < 4.78 is 12.4. The molecule has 0 spiro atoms. The minimum absolute atomic E-state index is 0.0320. The number of hydrogen-bond acceptors (Lipinski definition) is 6. The summed E-state index contributed by atoms with van der Waals surface area (Å²) in [5.74, 6) is 0.232. The molecule has 0 amide bonds. The standard InChI is InChI=1S/C23H30O6/c1-2-3-21-28-20-9-16-15-6-4-12-8-13(25)5-7-14(12)22(15)18(26)10-17(16)23(20,29-21)19(27)11-24/h5,7-8,14-18,20-22,24,26H,2-4,6,9-11H2,1H3/t14-,15-,16-,17-,18-,20+,21+,22+,23+/m0/s1. The minimum Gasteiger partial charge on any atom is -0.393 e. The summed E-state index contributed by atoms with van der Waals surface area (Å²) in [4.78, 5) is 24.7. The highest BCUT2D eigenvalue weighted by atomic mass is 16.7. The van der Waals surface area contributed by atoms with Crippen molar-refractivity contribution in [3.05, 3.63) is 23.8 Å². The molecule has 4 aliphatic carbocycles. The van der Waals surface area contributed by atoms with Crippen molar-refractivity contribution in [1.29, 1.82) is 0 Å². The molecule has 6 nitrogen and oxygen atoms in total. The summed E-state index contributed by atoms with van der Waals surface area (Å²) in [6.45, 7) is 1.49. The van der Waals surface area contributed by atoms with E-state index in [4.69, 9.17) is 9.47 Å². The van der Waals surface area contributed by atoms with E-state index in [0.29, 0.717) is 6.42 Å². The molecule has 0 aromatic rings. The molecule has 0 aromatic carbocycles. The molecule has 9 atom stereocenters. The Hall–Kier alpha value is -1.34. The fraction of sp³-hybridized carbons (Fsp3) is 0.739. The van der Waals surface area contributed by atoms with Crippen LogP contribution in [0.1, 0.15) is 45.4 Å². The number of rotatable bonds is 4. The first-order valence-corrected chi connectivity index (χ1v) is 11.1. The third-order valence-electron chi connectivity index (χ3n) is 8.17. The SMILES string of the molecule is CCC[C@@H]1O[C@@H]2C[C@H]3[C@@H]4CCC5=CC(=O)C=C[C@@H]5[C@H]4[C@@H](O)C[C@@H]3[C@]2(C(=O)CO)O1. The summed E-state index contributed by atoms with van der Waals surface area (Å²) in [6.07, 6.45) is 8.58. The monoisotopic (exact) mass is 402 g/mol. The van der Waals surface area contributed by atoms with Gasteiger partial charge in [0.05, 0.1) is 12.2 Å². The molecule has 0 unspecified atom stereocenters. The quantitative estimate of drug-likeness (QED) is 0.747. The maximum atomic E-state index is 13.0. The van der Waals surface area contributed by atoms with Crippen molar-refractivity contribution in [2.24, 2.45) is 29.6 Å². The zero-order valence-corrected chi connectivity index (χ0v) is 16.8. The molecule has 1 heterocycles. The Morgan fingerprint density at radius 3 is 2.90 bits per heavy atom. The molecule has 0 radical (unpaired) electrons.